The van der Waals surface area contributed by atoms with Gasteiger partial charge < -0.3 is 9.15 Å². The SMILES string of the molecule is O=C(/C=C/c1ccc(N2CCCS2(=O)=O)cc1)OCc1cc2ccccc2o1. The van der Waals surface area contributed by atoms with Crippen LogP contribution in [0.15, 0.2) is 65.1 Å². The zero-order chi connectivity index (χ0) is 19.6. The van der Waals surface area contributed by atoms with Gasteiger partial charge in [0.15, 0.2) is 0 Å². The van der Waals surface area contributed by atoms with Crippen LogP contribution in [0.2, 0.25) is 0 Å². The van der Waals surface area contributed by atoms with Crippen molar-refractivity contribution in [1.29, 1.82) is 0 Å². The molecule has 1 aromatic heterocycles. The molecule has 0 N–H and O–H groups in total. The van der Waals surface area contributed by atoms with Gasteiger partial charge in [-0.25, -0.2) is 13.2 Å². The number of hydrogen-bond donors (Lipinski definition) is 0. The van der Waals surface area contributed by atoms with E-state index in [0.29, 0.717) is 24.4 Å². The van der Waals surface area contributed by atoms with Gasteiger partial charge in [0.2, 0.25) is 10.0 Å². The van der Waals surface area contributed by atoms with Crippen molar-refractivity contribution in [2.75, 3.05) is 16.6 Å². The minimum atomic E-state index is -3.19. The number of carbonyl (C=O) groups is 1. The van der Waals surface area contributed by atoms with Crippen molar-refractivity contribution < 1.29 is 22.4 Å². The van der Waals surface area contributed by atoms with Crippen molar-refractivity contribution in [3.8, 4) is 0 Å². The summed E-state index contributed by atoms with van der Waals surface area (Å²) in [5.74, 6) is 0.289. The smallest absolute Gasteiger partial charge is 0.331 e. The predicted octanol–water partition coefficient (Wildman–Crippen LogP) is 3.73. The Labute approximate surface area is 163 Å². The number of carbonyl (C=O) groups excluding carboxylic acids is 1. The van der Waals surface area contributed by atoms with Crippen molar-refractivity contribution in [3.63, 3.8) is 0 Å². The summed E-state index contributed by atoms with van der Waals surface area (Å²) in [5.41, 5.74) is 2.17. The molecule has 0 spiro atoms. The molecular weight excluding hydrogens is 378 g/mol. The summed E-state index contributed by atoms with van der Waals surface area (Å²) in [6.07, 6.45) is 3.61. The van der Waals surface area contributed by atoms with Crippen LogP contribution in [0, 0.1) is 0 Å². The van der Waals surface area contributed by atoms with E-state index < -0.39 is 16.0 Å². The van der Waals surface area contributed by atoms with Crippen LogP contribution in [-0.2, 0) is 26.2 Å². The summed E-state index contributed by atoms with van der Waals surface area (Å²) < 4.78 is 36.1. The van der Waals surface area contributed by atoms with E-state index in [1.54, 1.807) is 30.3 Å². The molecule has 144 valence electrons. The quantitative estimate of drug-likeness (QED) is 0.484. The molecular formula is C21H19NO5S. The van der Waals surface area contributed by atoms with Gasteiger partial charge in [0.25, 0.3) is 0 Å². The zero-order valence-corrected chi connectivity index (χ0v) is 15.9. The number of fused-ring (bicyclic) bond motifs is 1. The van der Waals surface area contributed by atoms with Gasteiger partial charge in [-0.1, -0.05) is 30.3 Å². The number of hydrogen-bond acceptors (Lipinski definition) is 5. The lowest BCUT2D eigenvalue weighted by Crippen LogP contribution is -2.24. The number of benzene rings is 2. The maximum atomic E-state index is 12.0. The minimum absolute atomic E-state index is 0.0591. The van der Waals surface area contributed by atoms with E-state index in [2.05, 4.69) is 0 Å². The van der Waals surface area contributed by atoms with Gasteiger partial charge in [-0.2, -0.15) is 0 Å². The molecule has 2 aromatic carbocycles. The maximum Gasteiger partial charge on any atom is 0.331 e. The Morgan fingerprint density at radius 1 is 1.14 bits per heavy atom. The highest BCUT2D eigenvalue weighted by Gasteiger charge is 2.28. The minimum Gasteiger partial charge on any atom is -0.457 e. The van der Waals surface area contributed by atoms with Crippen molar-refractivity contribution in [2.24, 2.45) is 0 Å². The number of anilines is 1. The second kappa shape index (κ2) is 7.52. The third kappa shape index (κ3) is 3.94. The first-order valence-electron chi connectivity index (χ1n) is 8.94. The molecule has 0 aliphatic carbocycles. The van der Waals surface area contributed by atoms with Gasteiger partial charge in [0.05, 0.1) is 11.4 Å². The van der Waals surface area contributed by atoms with E-state index in [-0.39, 0.29) is 12.4 Å². The topological polar surface area (TPSA) is 76.8 Å². The highest BCUT2D eigenvalue weighted by molar-refractivity contribution is 7.93. The van der Waals surface area contributed by atoms with E-state index >= 15 is 0 Å². The molecule has 1 aliphatic heterocycles. The molecule has 28 heavy (non-hydrogen) atoms. The maximum absolute atomic E-state index is 12.0. The highest BCUT2D eigenvalue weighted by atomic mass is 32.2. The van der Waals surface area contributed by atoms with E-state index in [1.165, 1.54) is 10.4 Å². The average Bonchev–Trinajstić information content (AvgIpc) is 3.27. The Morgan fingerprint density at radius 2 is 1.93 bits per heavy atom. The molecule has 0 amide bonds. The van der Waals surface area contributed by atoms with Gasteiger partial charge >= 0.3 is 5.97 Å². The van der Waals surface area contributed by atoms with Gasteiger partial charge in [-0.05, 0) is 42.3 Å². The van der Waals surface area contributed by atoms with Gasteiger partial charge in [-0.3, -0.25) is 4.31 Å². The zero-order valence-electron chi connectivity index (χ0n) is 15.1. The first-order chi connectivity index (χ1) is 13.5. The van der Waals surface area contributed by atoms with Crippen LogP contribution in [0.4, 0.5) is 5.69 Å². The molecule has 6 nitrogen and oxygen atoms in total. The fourth-order valence-corrected chi connectivity index (χ4v) is 4.71. The Kier molecular flexibility index (Phi) is 4.92. The predicted molar refractivity (Wildman–Crippen MR) is 107 cm³/mol. The lowest BCUT2D eigenvalue weighted by molar-refractivity contribution is -0.139. The van der Waals surface area contributed by atoms with Gasteiger partial charge in [0, 0.05) is 18.0 Å². The number of esters is 1. The number of ether oxygens (including phenoxy) is 1. The summed E-state index contributed by atoms with van der Waals surface area (Å²) in [7, 11) is -3.19. The van der Waals surface area contributed by atoms with Crippen LogP contribution in [0.3, 0.4) is 0 Å². The lowest BCUT2D eigenvalue weighted by atomic mass is 10.2. The highest BCUT2D eigenvalue weighted by Crippen LogP contribution is 2.24. The van der Waals surface area contributed by atoms with Crippen LogP contribution in [0.5, 0.6) is 0 Å². The fraction of sp³-hybridized carbons (Fsp3) is 0.190. The Bertz CT molecular complexity index is 1100. The average molecular weight is 397 g/mol. The van der Waals surface area contributed by atoms with Crippen LogP contribution in [0.25, 0.3) is 17.0 Å². The number of rotatable bonds is 5. The van der Waals surface area contributed by atoms with Crippen LogP contribution in [0.1, 0.15) is 17.7 Å². The Balaban J connectivity index is 1.35. The molecule has 0 bridgehead atoms. The molecule has 3 aromatic rings. The molecule has 1 fully saturated rings. The Morgan fingerprint density at radius 3 is 2.64 bits per heavy atom. The van der Waals surface area contributed by atoms with Gasteiger partial charge in [-0.15, -0.1) is 0 Å². The first-order valence-corrected chi connectivity index (χ1v) is 10.5. The van der Waals surface area contributed by atoms with Crippen LogP contribution < -0.4 is 4.31 Å². The van der Waals surface area contributed by atoms with Crippen molar-refractivity contribution in [3.05, 3.63) is 72.0 Å². The molecule has 0 radical (unpaired) electrons. The number of nitrogens with zero attached hydrogens (tertiary/aromatic N) is 1. The molecule has 4 rings (SSSR count). The largest absolute Gasteiger partial charge is 0.457 e. The molecule has 0 unspecified atom stereocenters. The number of sulfonamides is 1. The van der Waals surface area contributed by atoms with Crippen molar-refractivity contribution in [2.45, 2.75) is 13.0 Å². The third-order valence-electron chi connectivity index (χ3n) is 4.53. The van der Waals surface area contributed by atoms with Crippen LogP contribution >= 0.6 is 0 Å². The van der Waals surface area contributed by atoms with E-state index in [4.69, 9.17) is 9.15 Å². The van der Waals surface area contributed by atoms with E-state index in [9.17, 15) is 13.2 Å². The van der Waals surface area contributed by atoms with Crippen LogP contribution in [-0.4, -0.2) is 26.7 Å². The third-order valence-corrected chi connectivity index (χ3v) is 6.39. The van der Waals surface area contributed by atoms with Crippen molar-refractivity contribution in [1.82, 2.24) is 0 Å². The standard InChI is InChI=1S/C21H19NO5S/c23-21(26-15-19-14-17-4-1-2-5-20(17)27-19)11-8-16-6-9-18(10-7-16)22-12-3-13-28(22,24)25/h1-2,4-11,14H,3,12-13,15H2/b11-8+. The normalized spacial score (nSPS) is 16.1. The summed E-state index contributed by atoms with van der Waals surface area (Å²) >= 11 is 0. The lowest BCUT2D eigenvalue weighted by Gasteiger charge is -2.16. The second-order valence-electron chi connectivity index (χ2n) is 6.52. The van der Waals surface area contributed by atoms with Crippen molar-refractivity contribution >= 4 is 38.7 Å². The number of furan rings is 1. The summed E-state index contributed by atoms with van der Waals surface area (Å²) in [4.78, 5) is 11.9. The second-order valence-corrected chi connectivity index (χ2v) is 8.54. The Hall–Kier alpha value is -3.06. The summed E-state index contributed by atoms with van der Waals surface area (Å²) in [6, 6.07) is 16.5. The van der Waals surface area contributed by atoms with E-state index in [1.807, 2.05) is 30.3 Å². The molecule has 0 atom stereocenters. The van der Waals surface area contributed by atoms with E-state index in [0.717, 1.165) is 16.5 Å². The molecule has 2 heterocycles. The molecule has 1 saturated heterocycles. The summed E-state index contributed by atoms with van der Waals surface area (Å²) in [6.45, 7) is 0.565. The molecule has 1 aliphatic rings. The molecule has 7 heteroatoms. The fourth-order valence-electron chi connectivity index (χ4n) is 3.14. The number of para-hydroxylation sites is 1. The van der Waals surface area contributed by atoms with Gasteiger partial charge in [0.1, 0.15) is 18.0 Å². The first kappa shape index (κ1) is 18.3. The molecule has 0 saturated carbocycles. The summed E-state index contributed by atoms with van der Waals surface area (Å²) in [5, 5.41) is 0.962. The monoisotopic (exact) mass is 397 g/mol.